The fraction of sp³-hybridized carbons (Fsp3) is 0.391. The fourth-order valence-electron chi connectivity index (χ4n) is 3.01. The van der Waals surface area contributed by atoms with Gasteiger partial charge in [-0.2, -0.15) is 0 Å². The second-order valence-corrected chi connectivity index (χ2v) is 7.58. The zero-order valence-electron chi connectivity index (χ0n) is 17.9. The summed E-state index contributed by atoms with van der Waals surface area (Å²) in [6.45, 7) is 5.72. The Hall–Kier alpha value is -2.73. The number of carbonyl (C=O) groups excluding carboxylic acids is 2. The second kappa shape index (κ2) is 11.5. The van der Waals surface area contributed by atoms with Gasteiger partial charge in [0.2, 0.25) is 5.91 Å². The van der Waals surface area contributed by atoms with Gasteiger partial charge in [0.15, 0.2) is 6.61 Å². The lowest BCUT2D eigenvalue weighted by molar-refractivity contribution is -0.143. The van der Waals surface area contributed by atoms with Crippen molar-refractivity contribution >= 4 is 23.4 Å². The molecule has 0 aromatic heterocycles. The van der Waals surface area contributed by atoms with Crippen LogP contribution in [0.3, 0.4) is 0 Å². The maximum Gasteiger partial charge on any atom is 0.261 e. The molecule has 6 nitrogen and oxygen atoms in total. The van der Waals surface area contributed by atoms with Crippen LogP contribution in [0.15, 0.2) is 48.5 Å². The number of ether oxygens (including phenoxy) is 2. The average Bonchev–Trinajstić information content (AvgIpc) is 2.72. The lowest BCUT2D eigenvalue weighted by Gasteiger charge is -2.31. The first-order chi connectivity index (χ1) is 14.3. The summed E-state index contributed by atoms with van der Waals surface area (Å²) in [6, 6.07) is 13.7. The van der Waals surface area contributed by atoms with Crippen molar-refractivity contribution in [1.82, 2.24) is 10.2 Å². The topological polar surface area (TPSA) is 67.9 Å². The lowest BCUT2D eigenvalue weighted by Crippen LogP contribution is -2.51. The molecule has 2 aromatic rings. The maximum atomic E-state index is 13.1. The lowest BCUT2D eigenvalue weighted by atomic mass is 10.1. The molecule has 2 aromatic carbocycles. The van der Waals surface area contributed by atoms with Crippen LogP contribution in [0.2, 0.25) is 5.02 Å². The normalized spacial score (nSPS) is 11.7. The molecule has 0 bridgehead atoms. The summed E-state index contributed by atoms with van der Waals surface area (Å²) in [6.07, 6.45) is 0.479. The second-order valence-electron chi connectivity index (χ2n) is 7.18. The number of benzene rings is 2. The Morgan fingerprint density at radius 1 is 1.10 bits per heavy atom. The third-order valence-electron chi connectivity index (χ3n) is 4.52. The molecule has 0 aliphatic carbocycles. The van der Waals surface area contributed by atoms with E-state index in [9.17, 15) is 9.59 Å². The van der Waals surface area contributed by atoms with Crippen LogP contribution >= 0.6 is 11.6 Å². The van der Waals surface area contributed by atoms with Gasteiger partial charge >= 0.3 is 0 Å². The van der Waals surface area contributed by atoms with Gasteiger partial charge in [0, 0.05) is 12.6 Å². The first kappa shape index (κ1) is 23.5. The van der Waals surface area contributed by atoms with E-state index in [0.717, 1.165) is 11.3 Å². The van der Waals surface area contributed by atoms with Crippen LogP contribution in [0.25, 0.3) is 0 Å². The number of nitrogens with one attached hydrogen (secondary N) is 1. The molecule has 0 spiro atoms. The maximum absolute atomic E-state index is 13.1. The predicted octanol–water partition coefficient (Wildman–Crippen LogP) is 4.06. The molecule has 162 valence electrons. The van der Waals surface area contributed by atoms with Gasteiger partial charge in [-0.25, -0.2) is 0 Å². The van der Waals surface area contributed by atoms with Crippen molar-refractivity contribution in [1.29, 1.82) is 0 Å². The van der Waals surface area contributed by atoms with E-state index in [-0.39, 0.29) is 31.0 Å². The molecule has 30 heavy (non-hydrogen) atoms. The van der Waals surface area contributed by atoms with Gasteiger partial charge in [-0.1, -0.05) is 42.8 Å². The van der Waals surface area contributed by atoms with Crippen molar-refractivity contribution in [2.45, 2.75) is 45.8 Å². The van der Waals surface area contributed by atoms with Crippen LogP contribution in [0.1, 0.15) is 32.8 Å². The molecule has 0 aliphatic heterocycles. The summed E-state index contributed by atoms with van der Waals surface area (Å²) >= 11 is 6.12. The SMILES string of the molecule is CC[C@H](C(=O)NC(C)C)N(Cc1ccc(OC)cc1)C(=O)COc1ccccc1Cl. The molecule has 0 heterocycles. The van der Waals surface area contributed by atoms with E-state index in [2.05, 4.69) is 5.32 Å². The van der Waals surface area contributed by atoms with Crippen LogP contribution in [0.4, 0.5) is 0 Å². The van der Waals surface area contributed by atoms with E-state index >= 15 is 0 Å². The minimum Gasteiger partial charge on any atom is -0.497 e. The molecular formula is C23H29ClN2O4. The first-order valence-electron chi connectivity index (χ1n) is 9.95. The van der Waals surface area contributed by atoms with E-state index in [1.165, 1.54) is 0 Å². The molecule has 1 N–H and O–H groups in total. The van der Waals surface area contributed by atoms with Crippen molar-refractivity contribution in [3.05, 3.63) is 59.1 Å². The van der Waals surface area contributed by atoms with Gasteiger partial charge in [-0.05, 0) is 50.1 Å². The number of rotatable bonds is 10. The predicted molar refractivity (Wildman–Crippen MR) is 118 cm³/mol. The number of hydrogen-bond acceptors (Lipinski definition) is 4. The van der Waals surface area contributed by atoms with E-state index in [1.807, 2.05) is 45.0 Å². The minimum absolute atomic E-state index is 0.0242. The number of carbonyl (C=O) groups is 2. The Morgan fingerprint density at radius 3 is 2.33 bits per heavy atom. The average molecular weight is 433 g/mol. The first-order valence-corrected chi connectivity index (χ1v) is 10.3. The quantitative estimate of drug-likeness (QED) is 0.614. The Labute approximate surface area is 183 Å². The van der Waals surface area contributed by atoms with Crippen LogP contribution < -0.4 is 14.8 Å². The van der Waals surface area contributed by atoms with Crippen LogP contribution in [0.5, 0.6) is 11.5 Å². The highest BCUT2D eigenvalue weighted by Crippen LogP contribution is 2.23. The molecule has 0 radical (unpaired) electrons. The Bertz CT molecular complexity index is 839. The Balaban J connectivity index is 2.22. The Morgan fingerprint density at radius 2 is 1.77 bits per heavy atom. The van der Waals surface area contributed by atoms with Gasteiger partial charge < -0.3 is 19.7 Å². The third-order valence-corrected chi connectivity index (χ3v) is 4.83. The summed E-state index contributed by atoms with van der Waals surface area (Å²) in [7, 11) is 1.60. The van der Waals surface area contributed by atoms with Gasteiger partial charge in [-0.15, -0.1) is 0 Å². The summed E-state index contributed by atoms with van der Waals surface area (Å²) in [5.74, 6) is 0.670. The smallest absolute Gasteiger partial charge is 0.261 e. The van der Waals surface area contributed by atoms with Gasteiger partial charge in [0.1, 0.15) is 17.5 Å². The van der Waals surface area contributed by atoms with Crippen molar-refractivity contribution in [3.63, 3.8) is 0 Å². The van der Waals surface area contributed by atoms with Gasteiger partial charge in [0.05, 0.1) is 12.1 Å². The summed E-state index contributed by atoms with van der Waals surface area (Å²) in [5, 5.41) is 3.33. The van der Waals surface area contributed by atoms with Gasteiger partial charge in [0.25, 0.3) is 5.91 Å². The monoisotopic (exact) mass is 432 g/mol. The summed E-state index contributed by atoms with van der Waals surface area (Å²) in [5.41, 5.74) is 0.887. The number of hydrogen-bond donors (Lipinski definition) is 1. The molecular weight excluding hydrogens is 404 g/mol. The molecule has 2 rings (SSSR count). The van der Waals surface area contributed by atoms with E-state index < -0.39 is 6.04 Å². The molecule has 0 fully saturated rings. The molecule has 0 aliphatic rings. The molecule has 0 saturated carbocycles. The van der Waals surface area contributed by atoms with Crippen molar-refractivity contribution < 1.29 is 19.1 Å². The zero-order chi connectivity index (χ0) is 22.1. The van der Waals surface area contributed by atoms with Crippen LogP contribution in [-0.2, 0) is 16.1 Å². The standard InChI is InChI=1S/C23H29ClN2O4/c1-5-20(23(28)25-16(2)3)26(14-17-10-12-18(29-4)13-11-17)22(27)15-30-21-9-7-6-8-19(21)24/h6-13,16,20H,5,14-15H2,1-4H3,(H,25,28)/t20-/m1/s1. The van der Waals surface area contributed by atoms with Crippen molar-refractivity contribution in [3.8, 4) is 11.5 Å². The van der Waals surface area contributed by atoms with E-state index in [4.69, 9.17) is 21.1 Å². The number of nitrogens with zero attached hydrogens (tertiary/aromatic N) is 1. The van der Waals surface area contributed by atoms with Crippen molar-refractivity contribution in [2.75, 3.05) is 13.7 Å². The molecule has 0 unspecified atom stereocenters. The molecule has 0 saturated heterocycles. The zero-order valence-corrected chi connectivity index (χ0v) is 18.6. The highest BCUT2D eigenvalue weighted by molar-refractivity contribution is 6.32. The summed E-state index contributed by atoms with van der Waals surface area (Å²) < 4.78 is 10.8. The van der Waals surface area contributed by atoms with E-state index in [0.29, 0.717) is 17.2 Å². The fourth-order valence-corrected chi connectivity index (χ4v) is 3.20. The van der Waals surface area contributed by atoms with Gasteiger partial charge in [-0.3, -0.25) is 9.59 Å². The molecule has 2 amide bonds. The van der Waals surface area contributed by atoms with E-state index in [1.54, 1.807) is 36.3 Å². The Kier molecular flexibility index (Phi) is 8.99. The highest BCUT2D eigenvalue weighted by Gasteiger charge is 2.29. The largest absolute Gasteiger partial charge is 0.497 e. The number of methoxy groups -OCH3 is 1. The van der Waals surface area contributed by atoms with Crippen LogP contribution in [-0.4, -0.2) is 42.5 Å². The highest BCUT2D eigenvalue weighted by atomic mass is 35.5. The number of para-hydroxylation sites is 1. The van der Waals surface area contributed by atoms with Crippen LogP contribution in [0, 0.1) is 0 Å². The molecule has 7 heteroatoms. The minimum atomic E-state index is -0.614. The molecule has 1 atom stereocenters. The number of halogens is 1. The summed E-state index contributed by atoms with van der Waals surface area (Å²) in [4.78, 5) is 27.4. The number of amides is 2. The third kappa shape index (κ3) is 6.66. The van der Waals surface area contributed by atoms with Crippen molar-refractivity contribution in [2.24, 2.45) is 0 Å².